The minimum absolute atomic E-state index is 0.107. The number of anilines is 1. The van der Waals surface area contributed by atoms with Crippen molar-refractivity contribution in [2.75, 3.05) is 38.1 Å². The number of pyridine rings is 1. The number of aromatic nitrogens is 1. The Morgan fingerprint density at radius 2 is 2.00 bits per heavy atom. The van der Waals surface area contributed by atoms with Crippen LogP contribution in [0.2, 0.25) is 0 Å². The lowest BCUT2D eigenvalue weighted by Crippen LogP contribution is -2.31. The Hall–Kier alpha value is -3.14. The third kappa shape index (κ3) is 5.32. The fourth-order valence-corrected chi connectivity index (χ4v) is 4.47. The summed E-state index contributed by atoms with van der Waals surface area (Å²) in [6, 6.07) is 9.02. The van der Waals surface area contributed by atoms with Crippen LogP contribution in [0.5, 0.6) is 5.75 Å². The molecule has 2 aromatic rings. The fraction of sp³-hybridized carbons (Fsp3) is 0.381. The van der Waals surface area contributed by atoms with Crippen molar-refractivity contribution in [3.8, 4) is 5.75 Å². The summed E-state index contributed by atoms with van der Waals surface area (Å²) < 4.78 is 32.0. The highest BCUT2D eigenvalue weighted by Crippen LogP contribution is 2.24. The van der Waals surface area contributed by atoms with E-state index < -0.39 is 15.9 Å². The molecule has 1 fully saturated rings. The number of benzene rings is 1. The van der Waals surface area contributed by atoms with Crippen molar-refractivity contribution in [3.63, 3.8) is 0 Å². The molecule has 0 aliphatic carbocycles. The molecule has 0 spiro atoms. The molecule has 166 valence electrons. The van der Waals surface area contributed by atoms with Gasteiger partial charge < -0.3 is 15.0 Å². The highest BCUT2D eigenvalue weighted by molar-refractivity contribution is 7.92. The normalized spacial score (nSPS) is 13.9. The Kier molecular flexibility index (Phi) is 7.11. The zero-order chi connectivity index (χ0) is 22.4. The van der Waals surface area contributed by atoms with Gasteiger partial charge in [-0.15, -0.1) is 0 Å². The smallest absolute Gasteiger partial charge is 0.269 e. The lowest BCUT2D eigenvalue weighted by molar-refractivity contribution is -0.127. The van der Waals surface area contributed by atoms with E-state index in [4.69, 9.17) is 4.74 Å². The van der Waals surface area contributed by atoms with Crippen molar-refractivity contribution < 1.29 is 22.7 Å². The summed E-state index contributed by atoms with van der Waals surface area (Å²) in [4.78, 5) is 30.0. The molecule has 3 rings (SSSR count). The van der Waals surface area contributed by atoms with Gasteiger partial charge in [0.15, 0.2) is 0 Å². The largest absolute Gasteiger partial charge is 0.497 e. The maximum Gasteiger partial charge on any atom is 0.269 e. The van der Waals surface area contributed by atoms with E-state index in [0.717, 1.165) is 17.3 Å². The number of nitrogens with zero attached hydrogens (tertiary/aromatic N) is 3. The van der Waals surface area contributed by atoms with Crippen LogP contribution >= 0.6 is 0 Å². The summed E-state index contributed by atoms with van der Waals surface area (Å²) in [5.74, 6) is 0.310. The van der Waals surface area contributed by atoms with Crippen LogP contribution in [0.3, 0.4) is 0 Å². The molecule has 2 amide bonds. The minimum Gasteiger partial charge on any atom is -0.497 e. The zero-order valence-corrected chi connectivity index (χ0v) is 18.4. The maximum absolute atomic E-state index is 12.9. The number of likely N-dealkylation sites (tertiary alicyclic amines) is 1. The van der Waals surface area contributed by atoms with Crippen LogP contribution in [-0.2, 0) is 14.8 Å². The second-order valence-corrected chi connectivity index (χ2v) is 9.11. The van der Waals surface area contributed by atoms with Gasteiger partial charge in [0, 0.05) is 39.3 Å². The quantitative estimate of drug-likeness (QED) is 0.587. The first-order chi connectivity index (χ1) is 14.8. The van der Waals surface area contributed by atoms with Crippen molar-refractivity contribution in [2.24, 2.45) is 0 Å². The lowest BCUT2D eigenvalue weighted by Gasteiger charge is -2.20. The summed E-state index contributed by atoms with van der Waals surface area (Å²) >= 11 is 0. The van der Waals surface area contributed by atoms with E-state index in [1.807, 2.05) is 0 Å². The van der Waals surface area contributed by atoms with E-state index >= 15 is 0 Å². The monoisotopic (exact) mass is 446 g/mol. The van der Waals surface area contributed by atoms with Crippen LogP contribution in [0.4, 0.5) is 5.69 Å². The van der Waals surface area contributed by atoms with Crippen LogP contribution in [-0.4, -0.2) is 63.9 Å². The first kappa shape index (κ1) is 22.5. The number of ether oxygens (including phenoxy) is 1. The van der Waals surface area contributed by atoms with Crippen molar-refractivity contribution in [2.45, 2.75) is 24.2 Å². The number of amides is 2. The number of sulfonamides is 1. The van der Waals surface area contributed by atoms with E-state index in [2.05, 4.69) is 10.3 Å². The molecular formula is C21H26N4O5S. The second-order valence-electron chi connectivity index (χ2n) is 7.14. The van der Waals surface area contributed by atoms with Crippen LogP contribution in [0.25, 0.3) is 0 Å². The van der Waals surface area contributed by atoms with Gasteiger partial charge in [-0.25, -0.2) is 8.42 Å². The Morgan fingerprint density at radius 3 is 2.65 bits per heavy atom. The summed E-state index contributed by atoms with van der Waals surface area (Å²) in [5.41, 5.74) is 0.435. The van der Waals surface area contributed by atoms with Crippen molar-refractivity contribution in [1.29, 1.82) is 0 Å². The first-order valence-corrected chi connectivity index (χ1v) is 11.4. The number of rotatable bonds is 9. The van der Waals surface area contributed by atoms with E-state index in [9.17, 15) is 18.0 Å². The molecule has 1 aromatic carbocycles. The van der Waals surface area contributed by atoms with E-state index in [-0.39, 0.29) is 16.5 Å². The minimum atomic E-state index is -3.81. The van der Waals surface area contributed by atoms with Gasteiger partial charge >= 0.3 is 0 Å². The molecule has 10 heteroatoms. The van der Waals surface area contributed by atoms with E-state index in [1.165, 1.54) is 44.6 Å². The summed E-state index contributed by atoms with van der Waals surface area (Å²) in [7, 11) is -0.889. The first-order valence-electron chi connectivity index (χ1n) is 9.98. The summed E-state index contributed by atoms with van der Waals surface area (Å²) in [6.45, 7) is 1.77. The van der Waals surface area contributed by atoms with Crippen LogP contribution < -0.4 is 14.4 Å². The highest BCUT2D eigenvalue weighted by Gasteiger charge is 2.23. The SMILES string of the molecule is COc1ccc(S(=O)(=O)N(C)c2ccnc(C(=O)NCCCN3CCCC3=O)c2)cc1. The van der Waals surface area contributed by atoms with Gasteiger partial charge in [-0.1, -0.05) is 0 Å². The maximum atomic E-state index is 12.9. The van der Waals surface area contributed by atoms with Gasteiger partial charge in [-0.3, -0.25) is 18.9 Å². The predicted octanol–water partition coefficient (Wildman–Crippen LogP) is 1.66. The van der Waals surface area contributed by atoms with Crippen LogP contribution in [0, 0.1) is 0 Å². The number of hydrogen-bond acceptors (Lipinski definition) is 6. The fourth-order valence-electron chi connectivity index (χ4n) is 3.29. The molecule has 31 heavy (non-hydrogen) atoms. The third-order valence-corrected chi connectivity index (χ3v) is 6.92. The molecule has 2 heterocycles. The van der Waals surface area contributed by atoms with E-state index in [1.54, 1.807) is 17.0 Å². The van der Waals surface area contributed by atoms with Crippen LogP contribution in [0.15, 0.2) is 47.5 Å². The number of nitrogens with one attached hydrogen (secondary N) is 1. The third-order valence-electron chi connectivity index (χ3n) is 5.12. The molecule has 1 aliphatic rings. The van der Waals surface area contributed by atoms with Gasteiger partial charge in [0.1, 0.15) is 11.4 Å². The Morgan fingerprint density at radius 1 is 1.26 bits per heavy atom. The molecule has 9 nitrogen and oxygen atoms in total. The molecule has 0 atom stereocenters. The number of methoxy groups -OCH3 is 1. The van der Waals surface area contributed by atoms with Crippen molar-refractivity contribution >= 4 is 27.5 Å². The second kappa shape index (κ2) is 9.78. The molecule has 1 saturated heterocycles. The molecule has 1 aromatic heterocycles. The average Bonchev–Trinajstić information content (AvgIpc) is 3.20. The summed E-state index contributed by atoms with van der Waals surface area (Å²) in [6.07, 6.45) is 3.51. The molecule has 1 aliphatic heterocycles. The van der Waals surface area contributed by atoms with Crippen LogP contribution in [0.1, 0.15) is 29.8 Å². The van der Waals surface area contributed by atoms with Gasteiger partial charge in [0.25, 0.3) is 15.9 Å². The molecule has 0 unspecified atom stereocenters. The summed E-state index contributed by atoms with van der Waals surface area (Å²) in [5, 5.41) is 2.77. The lowest BCUT2D eigenvalue weighted by atomic mass is 10.3. The van der Waals surface area contributed by atoms with Gasteiger partial charge in [-0.2, -0.15) is 0 Å². The topological polar surface area (TPSA) is 109 Å². The Labute approximate surface area is 182 Å². The zero-order valence-electron chi connectivity index (χ0n) is 17.6. The van der Waals surface area contributed by atoms with Gasteiger partial charge in [0.2, 0.25) is 5.91 Å². The van der Waals surface area contributed by atoms with Crippen molar-refractivity contribution in [3.05, 3.63) is 48.3 Å². The molecule has 1 N–H and O–H groups in total. The van der Waals surface area contributed by atoms with Gasteiger partial charge in [0.05, 0.1) is 17.7 Å². The predicted molar refractivity (Wildman–Crippen MR) is 116 cm³/mol. The van der Waals surface area contributed by atoms with Crippen molar-refractivity contribution in [1.82, 2.24) is 15.2 Å². The van der Waals surface area contributed by atoms with Gasteiger partial charge in [-0.05, 0) is 49.2 Å². The molecule has 0 saturated carbocycles. The number of carbonyl (C=O) groups excluding carboxylic acids is 2. The van der Waals surface area contributed by atoms with E-state index in [0.29, 0.717) is 37.4 Å². The average molecular weight is 447 g/mol. The Bertz CT molecular complexity index is 1040. The molecular weight excluding hydrogens is 420 g/mol. The number of hydrogen-bond donors (Lipinski definition) is 1. The Balaban J connectivity index is 1.62. The highest BCUT2D eigenvalue weighted by atomic mass is 32.2. The number of carbonyl (C=O) groups is 2. The molecule has 0 bridgehead atoms. The standard InChI is InChI=1S/C21H26N4O5S/c1-24(31(28,29)18-8-6-17(30-2)7-9-18)16-10-12-22-19(15-16)21(27)23-11-4-14-25-13-3-5-20(25)26/h6-10,12,15H,3-5,11,13-14H2,1-2H3,(H,23,27). The molecule has 0 radical (unpaired) electrons.